The van der Waals surface area contributed by atoms with E-state index < -0.39 is 11.9 Å². The quantitative estimate of drug-likeness (QED) is 0.423. The van der Waals surface area contributed by atoms with Crippen molar-refractivity contribution in [2.75, 3.05) is 25.5 Å². The molecule has 0 aromatic carbocycles. The van der Waals surface area contributed by atoms with Gasteiger partial charge in [0.1, 0.15) is 5.69 Å². The van der Waals surface area contributed by atoms with Crippen molar-refractivity contribution in [1.29, 1.82) is 0 Å². The van der Waals surface area contributed by atoms with E-state index in [2.05, 4.69) is 44.8 Å². The first-order chi connectivity index (χ1) is 10.7. The Morgan fingerprint density at radius 1 is 1.26 bits per heavy atom. The highest BCUT2D eigenvalue weighted by Crippen LogP contribution is 2.27. The largest absolute Gasteiger partial charge is 0.433 e. The third kappa shape index (κ3) is 6.70. The van der Waals surface area contributed by atoms with Crippen molar-refractivity contribution in [2.45, 2.75) is 33.0 Å². The maximum absolute atomic E-state index is 12.5. The number of hydrogen-bond acceptors (Lipinski definition) is 4. The molecular formula is C14H23F3N6. The first kappa shape index (κ1) is 19.0. The van der Waals surface area contributed by atoms with E-state index in [9.17, 15) is 13.2 Å². The Morgan fingerprint density at radius 2 is 1.96 bits per heavy atom. The van der Waals surface area contributed by atoms with Crippen LogP contribution in [0.1, 0.15) is 26.5 Å². The van der Waals surface area contributed by atoms with Crippen LogP contribution < -0.4 is 16.0 Å². The highest BCUT2D eigenvalue weighted by molar-refractivity contribution is 5.79. The Balaban J connectivity index is 2.42. The van der Waals surface area contributed by atoms with Crippen LogP contribution in [0.25, 0.3) is 0 Å². The second kappa shape index (κ2) is 8.54. The molecule has 3 N–H and O–H groups in total. The normalized spacial score (nSPS) is 13.8. The highest BCUT2D eigenvalue weighted by atomic mass is 19.4. The van der Waals surface area contributed by atoms with Crippen molar-refractivity contribution >= 4 is 11.9 Å². The summed E-state index contributed by atoms with van der Waals surface area (Å²) in [7, 11) is 1.66. The molecule has 0 amide bonds. The zero-order valence-electron chi connectivity index (χ0n) is 13.7. The van der Waals surface area contributed by atoms with Gasteiger partial charge in [-0.2, -0.15) is 13.2 Å². The Kier molecular flexibility index (Phi) is 7.05. The minimum Gasteiger partial charge on any atom is -0.355 e. The summed E-state index contributed by atoms with van der Waals surface area (Å²) in [6.07, 6.45) is -3.40. The molecule has 1 heterocycles. The molecule has 9 heteroatoms. The van der Waals surface area contributed by atoms with E-state index >= 15 is 0 Å². The van der Waals surface area contributed by atoms with E-state index in [4.69, 9.17) is 0 Å². The van der Waals surface area contributed by atoms with E-state index in [-0.39, 0.29) is 12.0 Å². The summed E-state index contributed by atoms with van der Waals surface area (Å²) in [5.74, 6) is 1.03. The van der Waals surface area contributed by atoms with Gasteiger partial charge in [-0.1, -0.05) is 13.8 Å². The van der Waals surface area contributed by atoms with Gasteiger partial charge >= 0.3 is 6.18 Å². The third-order valence-electron chi connectivity index (χ3n) is 3.23. The number of halogens is 3. The number of alkyl halides is 3. The van der Waals surface area contributed by atoms with Crippen LogP contribution in [0.5, 0.6) is 0 Å². The van der Waals surface area contributed by atoms with Crippen molar-refractivity contribution in [3.63, 3.8) is 0 Å². The highest BCUT2D eigenvalue weighted by Gasteiger charge is 2.32. The zero-order valence-corrected chi connectivity index (χ0v) is 13.7. The van der Waals surface area contributed by atoms with Gasteiger partial charge in [0.05, 0.1) is 0 Å². The molecule has 0 aliphatic rings. The summed E-state index contributed by atoms with van der Waals surface area (Å²) in [5.41, 5.74) is -0.966. The minimum absolute atomic E-state index is 0.0554. The summed E-state index contributed by atoms with van der Waals surface area (Å²) in [6, 6.07) is 1.09. The molecule has 1 aromatic heterocycles. The van der Waals surface area contributed by atoms with Crippen molar-refractivity contribution < 1.29 is 13.2 Å². The van der Waals surface area contributed by atoms with Crippen molar-refractivity contribution in [3.8, 4) is 0 Å². The number of anilines is 1. The SMILES string of the molecule is CN=C(NCCNc1nccc(C(F)(F)F)n1)NC(C)C(C)C. The summed E-state index contributed by atoms with van der Waals surface area (Å²) in [4.78, 5) is 11.3. The first-order valence-corrected chi connectivity index (χ1v) is 7.35. The molecule has 0 saturated carbocycles. The lowest BCUT2D eigenvalue weighted by Crippen LogP contribution is -2.45. The maximum atomic E-state index is 12.5. The fourth-order valence-electron chi connectivity index (χ4n) is 1.53. The summed E-state index contributed by atoms with van der Waals surface area (Å²) in [5, 5.41) is 9.04. The molecule has 0 radical (unpaired) electrons. The monoisotopic (exact) mass is 332 g/mol. The average Bonchev–Trinajstić information content (AvgIpc) is 2.49. The van der Waals surface area contributed by atoms with E-state index in [0.29, 0.717) is 25.0 Å². The molecule has 0 saturated heterocycles. The van der Waals surface area contributed by atoms with Crippen LogP contribution in [0, 0.1) is 5.92 Å². The lowest BCUT2D eigenvalue weighted by molar-refractivity contribution is -0.141. The Bertz CT molecular complexity index is 515. The first-order valence-electron chi connectivity index (χ1n) is 7.35. The number of aliphatic imine (C=N–C) groups is 1. The smallest absolute Gasteiger partial charge is 0.355 e. The molecule has 0 spiro atoms. The van der Waals surface area contributed by atoms with Gasteiger partial charge in [0, 0.05) is 32.4 Å². The van der Waals surface area contributed by atoms with Crippen LogP contribution in [0.3, 0.4) is 0 Å². The Labute approximate surface area is 134 Å². The lowest BCUT2D eigenvalue weighted by atomic mass is 10.1. The second-order valence-corrected chi connectivity index (χ2v) is 5.37. The van der Waals surface area contributed by atoms with Gasteiger partial charge in [0.2, 0.25) is 5.95 Å². The van der Waals surface area contributed by atoms with Gasteiger partial charge in [-0.15, -0.1) is 0 Å². The van der Waals surface area contributed by atoms with Crippen LogP contribution in [-0.4, -0.2) is 42.1 Å². The van der Waals surface area contributed by atoms with Gasteiger partial charge in [-0.05, 0) is 18.9 Å². The molecule has 1 atom stereocenters. The molecule has 0 fully saturated rings. The van der Waals surface area contributed by atoms with Gasteiger partial charge in [0.25, 0.3) is 0 Å². The van der Waals surface area contributed by atoms with Crippen molar-refractivity contribution in [1.82, 2.24) is 20.6 Å². The molecule has 1 rings (SSSR count). The van der Waals surface area contributed by atoms with Gasteiger partial charge < -0.3 is 16.0 Å². The van der Waals surface area contributed by atoms with E-state index in [1.807, 2.05) is 6.92 Å². The summed E-state index contributed by atoms with van der Waals surface area (Å²) < 4.78 is 37.6. The van der Waals surface area contributed by atoms with E-state index in [1.54, 1.807) is 7.05 Å². The van der Waals surface area contributed by atoms with Crippen LogP contribution in [0.4, 0.5) is 19.1 Å². The number of aromatic nitrogens is 2. The third-order valence-corrected chi connectivity index (χ3v) is 3.23. The predicted molar refractivity (Wildman–Crippen MR) is 84.3 cm³/mol. The second-order valence-electron chi connectivity index (χ2n) is 5.37. The fraction of sp³-hybridized carbons (Fsp3) is 0.643. The molecule has 6 nitrogen and oxygen atoms in total. The van der Waals surface area contributed by atoms with Crippen molar-refractivity contribution in [2.24, 2.45) is 10.9 Å². The van der Waals surface area contributed by atoms with Gasteiger partial charge in [-0.25, -0.2) is 9.97 Å². The molecule has 130 valence electrons. The lowest BCUT2D eigenvalue weighted by Gasteiger charge is -2.20. The van der Waals surface area contributed by atoms with Crippen LogP contribution >= 0.6 is 0 Å². The van der Waals surface area contributed by atoms with E-state index in [1.165, 1.54) is 0 Å². The number of guanidine groups is 1. The number of nitrogens with one attached hydrogen (secondary N) is 3. The Morgan fingerprint density at radius 3 is 2.52 bits per heavy atom. The van der Waals surface area contributed by atoms with Gasteiger partial charge in [0.15, 0.2) is 5.96 Å². The topological polar surface area (TPSA) is 74.2 Å². The molecule has 1 aromatic rings. The molecule has 1 unspecified atom stereocenters. The predicted octanol–water partition coefficient (Wildman–Crippen LogP) is 2.12. The molecule has 0 aliphatic carbocycles. The number of rotatable bonds is 6. The van der Waals surface area contributed by atoms with Gasteiger partial charge in [-0.3, -0.25) is 4.99 Å². The van der Waals surface area contributed by atoms with Crippen LogP contribution in [0.2, 0.25) is 0 Å². The molecule has 23 heavy (non-hydrogen) atoms. The standard InChI is InChI=1S/C14H23F3N6/c1-9(2)10(3)22-12(18-4)20-7-8-21-13-19-6-5-11(23-13)14(15,16)17/h5-6,9-10H,7-8H2,1-4H3,(H2,18,20,22)(H,19,21,23). The molecular weight excluding hydrogens is 309 g/mol. The van der Waals surface area contributed by atoms with E-state index in [0.717, 1.165) is 12.3 Å². The molecule has 0 bridgehead atoms. The average molecular weight is 332 g/mol. The minimum atomic E-state index is -4.48. The number of hydrogen-bond donors (Lipinski definition) is 3. The van der Waals surface area contributed by atoms with Crippen molar-refractivity contribution in [3.05, 3.63) is 18.0 Å². The van der Waals surface area contributed by atoms with Crippen LogP contribution in [0.15, 0.2) is 17.3 Å². The number of nitrogens with zero attached hydrogens (tertiary/aromatic N) is 3. The Hall–Kier alpha value is -2.06. The van der Waals surface area contributed by atoms with Crippen LogP contribution in [-0.2, 0) is 6.18 Å². The summed E-state index contributed by atoms with van der Waals surface area (Å²) in [6.45, 7) is 7.06. The fourth-order valence-corrected chi connectivity index (χ4v) is 1.53. The molecule has 0 aliphatic heterocycles. The maximum Gasteiger partial charge on any atom is 0.433 e. The zero-order chi connectivity index (χ0) is 17.5. The summed E-state index contributed by atoms with van der Waals surface area (Å²) >= 11 is 0.